The molecule has 3 aromatic rings. The quantitative estimate of drug-likeness (QED) is 0.236. The second-order valence-electron chi connectivity index (χ2n) is 9.82. The molecule has 0 saturated heterocycles. The van der Waals surface area contributed by atoms with Crippen LogP contribution >= 0.6 is 0 Å². The third kappa shape index (κ3) is 9.06. The van der Waals surface area contributed by atoms with Gasteiger partial charge in [-0.2, -0.15) is 0 Å². The van der Waals surface area contributed by atoms with Gasteiger partial charge in [0.15, 0.2) is 0 Å². The molecule has 1 aliphatic carbocycles. The topological polar surface area (TPSA) is 103 Å². The predicted octanol–water partition coefficient (Wildman–Crippen LogP) is 5.07. The van der Waals surface area contributed by atoms with Crippen LogP contribution in [0, 0.1) is 11.7 Å². The molecule has 1 aliphatic rings. The molecule has 0 radical (unpaired) electrons. The number of hydrogen-bond donors (Lipinski definition) is 2. The zero-order valence-corrected chi connectivity index (χ0v) is 23.1. The number of esters is 1. The summed E-state index contributed by atoms with van der Waals surface area (Å²) >= 11 is 0. The number of amides is 2. The molecule has 0 aromatic heterocycles. The maximum Gasteiger partial charge on any atom is 0.308 e. The normalized spacial score (nSPS) is 16.3. The molecular formula is C32H35FN2O6. The number of halogens is 1. The van der Waals surface area contributed by atoms with Gasteiger partial charge in [-0.05, 0) is 98.8 Å². The molecule has 4 rings (SSSR count). The fourth-order valence-corrected chi connectivity index (χ4v) is 4.61. The summed E-state index contributed by atoms with van der Waals surface area (Å²) in [5.74, 6) is 0.231. The first-order valence-electron chi connectivity index (χ1n) is 13.9. The van der Waals surface area contributed by atoms with Crippen LogP contribution in [-0.2, 0) is 16.1 Å². The van der Waals surface area contributed by atoms with Crippen molar-refractivity contribution in [1.29, 1.82) is 0 Å². The van der Waals surface area contributed by atoms with Crippen molar-refractivity contribution in [2.75, 3.05) is 19.7 Å². The second kappa shape index (κ2) is 14.8. The summed E-state index contributed by atoms with van der Waals surface area (Å²) in [6.07, 6.45) is 3.10. The molecule has 9 heteroatoms. The lowest BCUT2D eigenvalue weighted by molar-refractivity contribution is -0.149. The van der Waals surface area contributed by atoms with E-state index in [1.54, 1.807) is 60.7 Å². The first-order valence-corrected chi connectivity index (χ1v) is 13.9. The van der Waals surface area contributed by atoms with Crippen molar-refractivity contribution in [3.05, 3.63) is 95.3 Å². The van der Waals surface area contributed by atoms with E-state index in [1.807, 2.05) is 6.92 Å². The van der Waals surface area contributed by atoms with Gasteiger partial charge in [-0.1, -0.05) is 12.1 Å². The first-order chi connectivity index (χ1) is 19.9. The smallest absolute Gasteiger partial charge is 0.308 e. The number of hydrogen-bond acceptors (Lipinski definition) is 6. The predicted molar refractivity (Wildman–Crippen MR) is 151 cm³/mol. The first kappa shape index (κ1) is 29.6. The molecule has 0 unspecified atom stereocenters. The van der Waals surface area contributed by atoms with Crippen LogP contribution in [0.15, 0.2) is 72.8 Å². The third-order valence-corrected chi connectivity index (χ3v) is 6.82. The summed E-state index contributed by atoms with van der Waals surface area (Å²) in [6, 6.07) is 19.8. The van der Waals surface area contributed by atoms with Gasteiger partial charge >= 0.3 is 5.97 Å². The Kier molecular flexibility index (Phi) is 10.7. The average Bonchev–Trinajstić information content (AvgIpc) is 2.99. The van der Waals surface area contributed by atoms with Crippen molar-refractivity contribution in [2.24, 2.45) is 5.92 Å². The monoisotopic (exact) mass is 562 g/mol. The number of rotatable bonds is 12. The van der Waals surface area contributed by atoms with Gasteiger partial charge in [0.2, 0.25) is 0 Å². The molecule has 2 N–H and O–H groups in total. The van der Waals surface area contributed by atoms with E-state index in [0.717, 1.165) is 25.7 Å². The van der Waals surface area contributed by atoms with Crippen molar-refractivity contribution in [3.8, 4) is 11.5 Å². The van der Waals surface area contributed by atoms with Crippen LogP contribution in [0.2, 0.25) is 0 Å². The molecular weight excluding hydrogens is 527 g/mol. The molecule has 0 bridgehead atoms. The van der Waals surface area contributed by atoms with Crippen LogP contribution in [-0.4, -0.2) is 43.6 Å². The Labute approximate surface area is 239 Å². The molecule has 1 saturated carbocycles. The average molecular weight is 563 g/mol. The van der Waals surface area contributed by atoms with Gasteiger partial charge in [0.1, 0.15) is 23.9 Å². The van der Waals surface area contributed by atoms with Crippen LogP contribution in [0.1, 0.15) is 58.9 Å². The SMILES string of the molecule is CCOC(=O)[C@H]1CC[C@@H](Oc2ccc(C(=O)NCCNC(=O)c3ccc(OCc4cccc(F)c4)cc3)cc2)CC1. The molecule has 0 atom stereocenters. The van der Waals surface area contributed by atoms with E-state index in [0.29, 0.717) is 34.8 Å². The van der Waals surface area contributed by atoms with E-state index < -0.39 is 0 Å². The number of benzene rings is 3. The van der Waals surface area contributed by atoms with Gasteiger partial charge in [0.25, 0.3) is 11.8 Å². The van der Waals surface area contributed by atoms with Crippen molar-refractivity contribution in [1.82, 2.24) is 10.6 Å². The van der Waals surface area contributed by atoms with Gasteiger partial charge in [0.05, 0.1) is 18.6 Å². The summed E-state index contributed by atoms with van der Waals surface area (Å²) in [6.45, 7) is 2.96. The second-order valence-corrected chi connectivity index (χ2v) is 9.82. The largest absolute Gasteiger partial charge is 0.490 e. The van der Waals surface area contributed by atoms with Gasteiger partial charge in [0, 0.05) is 24.2 Å². The van der Waals surface area contributed by atoms with E-state index in [9.17, 15) is 18.8 Å². The highest BCUT2D eigenvalue weighted by atomic mass is 19.1. The Balaban J connectivity index is 1.13. The van der Waals surface area contributed by atoms with Crippen LogP contribution in [0.4, 0.5) is 4.39 Å². The van der Waals surface area contributed by atoms with E-state index in [-0.39, 0.29) is 55.3 Å². The van der Waals surface area contributed by atoms with E-state index in [1.165, 1.54) is 12.1 Å². The standard InChI is InChI=1S/C32H35FN2O6/c1-2-39-32(38)25-10-16-29(17-11-25)41-28-14-8-24(9-15-28)31(37)35-19-18-34-30(36)23-6-12-27(13-7-23)40-21-22-4-3-5-26(33)20-22/h3-9,12-15,20,25,29H,2,10-11,16-19,21H2,1H3,(H,34,36)(H,35,37)/t25-,29+. The molecule has 8 nitrogen and oxygen atoms in total. The molecule has 41 heavy (non-hydrogen) atoms. The summed E-state index contributed by atoms with van der Waals surface area (Å²) in [7, 11) is 0. The molecule has 0 heterocycles. The summed E-state index contributed by atoms with van der Waals surface area (Å²) in [4.78, 5) is 36.8. The molecule has 0 spiro atoms. The van der Waals surface area contributed by atoms with Crippen molar-refractivity contribution in [3.63, 3.8) is 0 Å². The van der Waals surface area contributed by atoms with Crippen molar-refractivity contribution < 1.29 is 33.0 Å². The van der Waals surface area contributed by atoms with Crippen molar-refractivity contribution >= 4 is 17.8 Å². The van der Waals surface area contributed by atoms with Gasteiger partial charge in [-0.25, -0.2) is 4.39 Å². The number of nitrogens with one attached hydrogen (secondary N) is 2. The zero-order valence-electron chi connectivity index (χ0n) is 23.1. The van der Waals surface area contributed by atoms with Crippen LogP contribution in [0.3, 0.4) is 0 Å². The Bertz CT molecular complexity index is 1300. The minimum Gasteiger partial charge on any atom is -0.490 e. The highest BCUT2D eigenvalue weighted by Gasteiger charge is 2.28. The Hall–Kier alpha value is -4.40. The zero-order chi connectivity index (χ0) is 29.0. The van der Waals surface area contributed by atoms with Crippen LogP contribution in [0.5, 0.6) is 11.5 Å². The Morgan fingerprint density at radius 3 is 1.95 bits per heavy atom. The minimum atomic E-state index is -0.319. The molecule has 216 valence electrons. The third-order valence-electron chi connectivity index (χ3n) is 6.82. The summed E-state index contributed by atoms with van der Waals surface area (Å²) < 4.78 is 30.1. The molecule has 1 fully saturated rings. The summed E-state index contributed by atoms with van der Waals surface area (Å²) in [5, 5.41) is 5.57. The highest BCUT2D eigenvalue weighted by molar-refractivity contribution is 5.95. The van der Waals surface area contributed by atoms with Crippen molar-refractivity contribution in [2.45, 2.75) is 45.3 Å². The van der Waals surface area contributed by atoms with Gasteiger partial charge < -0.3 is 24.8 Å². The van der Waals surface area contributed by atoms with E-state index in [2.05, 4.69) is 10.6 Å². The fraction of sp³-hybridized carbons (Fsp3) is 0.344. The lowest BCUT2D eigenvalue weighted by Crippen LogP contribution is -2.34. The molecule has 2 amide bonds. The lowest BCUT2D eigenvalue weighted by atomic mass is 9.87. The number of carbonyl (C=O) groups is 3. The van der Waals surface area contributed by atoms with Crippen LogP contribution in [0.25, 0.3) is 0 Å². The van der Waals surface area contributed by atoms with Gasteiger partial charge in [-0.15, -0.1) is 0 Å². The highest BCUT2D eigenvalue weighted by Crippen LogP contribution is 2.28. The lowest BCUT2D eigenvalue weighted by Gasteiger charge is -2.27. The Morgan fingerprint density at radius 2 is 1.39 bits per heavy atom. The van der Waals surface area contributed by atoms with Gasteiger partial charge in [-0.3, -0.25) is 14.4 Å². The molecule has 0 aliphatic heterocycles. The van der Waals surface area contributed by atoms with E-state index >= 15 is 0 Å². The number of carbonyl (C=O) groups excluding carboxylic acids is 3. The maximum atomic E-state index is 13.3. The minimum absolute atomic E-state index is 0.0351. The van der Waals surface area contributed by atoms with E-state index in [4.69, 9.17) is 14.2 Å². The van der Waals surface area contributed by atoms with Crippen LogP contribution < -0.4 is 20.1 Å². The number of ether oxygens (including phenoxy) is 3. The maximum absolute atomic E-state index is 13.3. The summed E-state index contributed by atoms with van der Waals surface area (Å²) in [5.41, 5.74) is 1.66. The fourth-order valence-electron chi connectivity index (χ4n) is 4.61. The Morgan fingerprint density at radius 1 is 0.805 bits per heavy atom. The molecule has 3 aromatic carbocycles.